The van der Waals surface area contributed by atoms with Crippen molar-refractivity contribution in [1.82, 2.24) is 0 Å². The summed E-state index contributed by atoms with van der Waals surface area (Å²) in [6.07, 6.45) is 0.954. The molecule has 0 atom stereocenters. The van der Waals surface area contributed by atoms with E-state index in [1.165, 1.54) is 33.0 Å². The van der Waals surface area contributed by atoms with Crippen molar-refractivity contribution >= 4 is 10.8 Å². The fourth-order valence-corrected chi connectivity index (χ4v) is 3.21. The predicted molar refractivity (Wildman–Crippen MR) is 85.3 cm³/mol. The third-order valence-electron chi connectivity index (χ3n) is 4.25. The Bertz CT molecular complexity index is 850. The van der Waals surface area contributed by atoms with Gasteiger partial charge in [0.1, 0.15) is 0 Å². The van der Waals surface area contributed by atoms with Crippen LogP contribution in [0.5, 0.6) is 11.5 Å². The molecule has 3 aromatic carbocycles. The second-order valence-electron chi connectivity index (χ2n) is 5.40. The molecule has 2 nitrogen and oxygen atoms in total. The monoisotopic (exact) mass is 276 g/mol. The van der Waals surface area contributed by atoms with Crippen molar-refractivity contribution < 1.29 is 9.47 Å². The smallest absolute Gasteiger partial charge is 0.161 e. The molecule has 21 heavy (non-hydrogen) atoms. The van der Waals surface area contributed by atoms with Crippen LogP contribution in [-0.2, 0) is 6.42 Å². The van der Waals surface area contributed by atoms with Crippen LogP contribution in [0.15, 0.2) is 48.5 Å². The molecule has 0 N–H and O–H groups in total. The summed E-state index contributed by atoms with van der Waals surface area (Å²) >= 11 is 0. The van der Waals surface area contributed by atoms with Gasteiger partial charge < -0.3 is 9.47 Å². The molecule has 0 saturated heterocycles. The molecule has 3 aromatic rings. The molecule has 1 aliphatic rings. The first-order valence-corrected chi connectivity index (χ1v) is 7.07. The van der Waals surface area contributed by atoms with Crippen molar-refractivity contribution in [2.24, 2.45) is 0 Å². The summed E-state index contributed by atoms with van der Waals surface area (Å²) in [6, 6.07) is 17.3. The predicted octanol–water partition coefficient (Wildman–Crippen LogP) is 4.43. The highest BCUT2D eigenvalue weighted by Gasteiger charge is 2.22. The second-order valence-corrected chi connectivity index (χ2v) is 5.40. The Morgan fingerprint density at radius 2 is 1.29 bits per heavy atom. The van der Waals surface area contributed by atoms with E-state index in [1.54, 1.807) is 14.2 Å². The van der Waals surface area contributed by atoms with Crippen molar-refractivity contribution in [3.05, 3.63) is 59.7 Å². The molecule has 0 saturated carbocycles. The summed E-state index contributed by atoms with van der Waals surface area (Å²) in [4.78, 5) is 0. The van der Waals surface area contributed by atoms with Crippen LogP contribution in [0.2, 0.25) is 0 Å². The zero-order chi connectivity index (χ0) is 14.4. The lowest BCUT2D eigenvalue weighted by molar-refractivity contribution is 0.355. The fraction of sp³-hybridized carbons (Fsp3) is 0.158. The van der Waals surface area contributed by atoms with E-state index in [4.69, 9.17) is 9.47 Å². The molecule has 0 radical (unpaired) electrons. The first-order chi connectivity index (χ1) is 10.3. The highest BCUT2D eigenvalue weighted by Crippen LogP contribution is 2.43. The van der Waals surface area contributed by atoms with Crippen LogP contribution in [-0.4, -0.2) is 14.2 Å². The summed E-state index contributed by atoms with van der Waals surface area (Å²) < 4.78 is 10.9. The number of methoxy groups -OCH3 is 2. The molecule has 0 bridgehead atoms. The average Bonchev–Trinajstić information content (AvgIpc) is 2.87. The van der Waals surface area contributed by atoms with E-state index in [9.17, 15) is 0 Å². The Balaban J connectivity index is 1.96. The molecule has 0 heterocycles. The van der Waals surface area contributed by atoms with Crippen LogP contribution in [0, 0.1) is 0 Å². The highest BCUT2D eigenvalue weighted by molar-refractivity contribution is 5.92. The zero-order valence-electron chi connectivity index (χ0n) is 12.1. The molecule has 0 aliphatic heterocycles. The lowest BCUT2D eigenvalue weighted by Crippen LogP contribution is -1.92. The Hall–Kier alpha value is -2.48. The quantitative estimate of drug-likeness (QED) is 0.539. The van der Waals surface area contributed by atoms with Crippen LogP contribution in [0.3, 0.4) is 0 Å². The summed E-state index contributed by atoms with van der Waals surface area (Å²) in [6.45, 7) is 0. The molecule has 0 amide bonds. The number of hydrogen-bond donors (Lipinski definition) is 0. The van der Waals surface area contributed by atoms with Crippen LogP contribution in [0.4, 0.5) is 0 Å². The van der Waals surface area contributed by atoms with Gasteiger partial charge in [0.15, 0.2) is 11.5 Å². The fourth-order valence-electron chi connectivity index (χ4n) is 3.21. The summed E-state index contributed by atoms with van der Waals surface area (Å²) in [7, 11) is 3.36. The van der Waals surface area contributed by atoms with Crippen molar-refractivity contribution in [3.63, 3.8) is 0 Å². The number of rotatable bonds is 2. The summed E-state index contributed by atoms with van der Waals surface area (Å²) in [5.41, 5.74) is 5.25. The normalized spacial score (nSPS) is 12.1. The molecule has 0 aromatic heterocycles. The van der Waals surface area contributed by atoms with Crippen LogP contribution in [0.25, 0.3) is 21.9 Å². The summed E-state index contributed by atoms with van der Waals surface area (Å²) in [5.74, 6) is 1.59. The van der Waals surface area contributed by atoms with E-state index in [1.807, 2.05) is 0 Å². The van der Waals surface area contributed by atoms with E-state index < -0.39 is 0 Å². The largest absolute Gasteiger partial charge is 0.493 e. The van der Waals surface area contributed by atoms with Gasteiger partial charge >= 0.3 is 0 Å². The van der Waals surface area contributed by atoms with Gasteiger partial charge in [-0.3, -0.25) is 0 Å². The van der Waals surface area contributed by atoms with Gasteiger partial charge in [0.2, 0.25) is 0 Å². The maximum Gasteiger partial charge on any atom is 0.161 e. The minimum absolute atomic E-state index is 0.789. The number of ether oxygens (including phenoxy) is 2. The van der Waals surface area contributed by atoms with Gasteiger partial charge in [-0.05, 0) is 57.6 Å². The van der Waals surface area contributed by atoms with Gasteiger partial charge in [-0.15, -0.1) is 0 Å². The van der Waals surface area contributed by atoms with Gasteiger partial charge in [-0.25, -0.2) is 0 Å². The Morgan fingerprint density at radius 3 is 2.00 bits per heavy atom. The Labute approximate surface area is 123 Å². The topological polar surface area (TPSA) is 18.5 Å². The van der Waals surface area contributed by atoms with Crippen LogP contribution < -0.4 is 9.47 Å². The van der Waals surface area contributed by atoms with Gasteiger partial charge in [-0.1, -0.05) is 30.3 Å². The minimum Gasteiger partial charge on any atom is -0.493 e. The van der Waals surface area contributed by atoms with Crippen molar-refractivity contribution in [3.8, 4) is 22.6 Å². The molecule has 0 fully saturated rings. The van der Waals surface area contributed by atoms with Gasteiger partial charge in [0.05, 0.1) is 14.2 Å². The first kappa shape index (κ1) is 12.3. The molecule has 4 rings (SSSR count). The molecular weight excluding hydrogens is 260 g/mol. The first-order valence-electron chi connectivity index (χ1n) is 7.07. The number of benzene rings is 3. The number of fused-ring (bicyclic) bond motifs is 4. The van der Waals surface area contributed by atoms with E-state index in [-0.39, 0.29) is 0 Å². The van der Waals surface area contributed by atoms with E-state index in [0.717, 1.165) is 17.9 Å². The molecule has 0 unspecified atom stereocenters. The van der Waals surface area contributed by atoms with Crippen molar-refractivity contribution in [1.29, 1.82) is 0 Å². The Kier molecular flexibility index (Phi) is 2.64. The lowest BCUT2D eigenvalue weighted by atomic mass is 10.0. The summed E-state index contributed by atoms with van der Waals surface area (Å²) in [5, 5.41) is 2.57. The molecule has 104 valence electrons. The SMILES string of the molecule is COc1cc2c(cc1OC)-c1cc3ccccc3cc1C2. The van der Waals surface area contributed by atoms with Gasteiger partial charge in [0.25, 0.3) is 0 Å². The average molecular weight is 276 g/mol. The van der Waals surface area contributed by atoms with E-state index in [0.29, 0.717) is 0 Å². The van der Waals surface area contributed by atoms with Gasteiger partial charge in [0, 0.05) is 0 Å². The third-order valence-corrected chi connectivity index (χ3v) is 4.25. The van der Waals surface area contributed by atoms with E-state index >= 15 is 0 Å². The Morgan fingerprint density at radius 1 is 0.714 bits per heavy atom. The zero-order valence-corrected chi connectivity index (χ0v) is 12.1. The standard InChI is InChI=1S/C19H16O2/c1-20-18-10-15-8-14-7-12-5-3-4-6-13(12)9-16(14)17(15)11-19(18)21-2/h3-7,9-11H,8H2,1-2H3. The van der Waals surface area contributed by atoms with Crippen LogP contribution in [0.1, 0.15) is 11.1 Å². The molecular formula is C19H16O2. The maximum atomic E-state index is 5.44. The highest BCUT2D eigenvalue weighted by atomic mass is 16.5. The maximum absolute atomic E-state index is 5.44. The molecule has 0 spiro atoms. The van der Waals surface area contributed by atoms with Crippen molar-refractivity contribution in [2.75, 3.05) is 14.2 Å². The minimum atomic E-state index is 0.789. The van der Waals surface area contributed by atoms with Crippen molar-refractivity contribution in [2.45, 2.75) is 6.42 Å². The molecule has 2 heteroatoms. The second kappa shape index (κ2) is 4.52. The van der Waals surface area contributed by atoms with Gasteiger partial charge in [-0.2, -0.15) is 0 Å². The van der Waals surface area contributed by atoms with Crippen LogP contribution >= 0.6 is 0 Å². The lowest BCUT2D eigenvalue weighted by Gasteiger charge is -2.10. The number of hydrogen-bond acceptors (Lipinski definition) is 2. The molecule has 1 aliphatic carbocycles. The van der Waals surface area contributed by atoms with E-state index in [2.05, 4.69) is 48.5 Å². The third kappa shape index (κ3) is 1.79.